The van der Waals surface area contributed by atoms with E-state index in [0.29, 0.717) is 36.3 Å². The van der Waals surface area contributed by atoms with Gasteiger partial charge in [0.05, 0.1) is 13.7 Å². The molecule has 0 saturated carbocycles. The molecule has 122 valence electrons. The Morgan fingerprint density at radius 1 is 1.22 bits per heavy atom. The van der Waals surface area contributed by atoms with Crippen LogP contribution in [0, 0.1) is 0 Å². The molecule has 2 aromatic rings. The van der Waals surface area contributed by atoms with Gasteiger partial charge in [-0.05, 0) is 35.9 Å². The van der Waals surface area contributed by atoms with Crippen LogP contribution in [0.4, 0.5) is 4.79 Å². The minimum Gasteiger partial charge on any atom is -0.492 e. The standard InChI is InChI=1S/C16H18ClN3O3/c1-22-15-10-12(6-7-18-15)11-20-16(21)19-8-9-23-14-4-2-13(17)3-5-14/h2-7,10H,8-9,11H2,1H3,(H2,19,20,21). The lowest BCUT2D eigenvalue weighted by Gasteiger charge is -2.09. The first-order valence-electron chi connectivity index (χ1n) is 7.06. The molecule has 0 unspecified atom stereocenters. The number of amides is 2. The fourth-order valence-corrected chi connectivity index (χ4v) is 1.91. The summed E-state index contributed by atoms with van der Waals surface area (Å²) in [5.74, 6) is 1.22. The van der Waals surface area contributed by atoms with Crippen LogP contribution in [0.3, 0.4) is 0 Å². The van der Waals surface area contributed by atoms with Crippen molar-refractivity contribution >= 4 is 17.6 Å². The largest absolute Gasteiger partial charge is 0.492 e. The number of urea groups is 1. The Morgan fingerprint density at radius 3 is 2.74 bits per heavy atom. The Hall–Kier alpha value is -2.47. The molecule has 0 atom stereocenters. The quantitative estimate of drug-likeness (QED) is 0.763. The first-order valence-corrected chi connectivity index (χ1v) is 7.44. The van der Waals surface area contributed by atoms with Crippen LogP contribution in [0.15, 0.2) is 42.6 Å². The Bertz CT molecular complexity index is 635. The van der Waals surface area contributed by atoms with Crippen molar-refractivity contribution in [3.05, 3.63) is 53.2 Å². The summed E-state index contributed by atoms with van der Waals surface area (Å²) < 4.78 is 10.5. The highest BCUT2D eigenvalue weighted by atomic mass is 35.5. The van der Waals surface area contributed by atoms with Crippen LogP contribution in [0.1, 0.15) is 5.56 Å². The highest BCUT2D eigenvalue weighted by Gasteiger charge is 2.02. The number of halogens is 1. The number of carbonyl (C=O) groups is 1. The molecular weight excluding hydrogens is 318 g/mol. The monoisotopic (exact) mass is 335 g/mol. The third-order valence-corrected chi connectivity index (χ3v) is 3.18. The number of benzene rings is 1. The van der Waals surface area contributed by atoms with E-state index in [1.807, 2.05) is 6.07 Å². The minimum atomic E-state index is -0.263. The molecule has 2 N–H and O–H groups in total. The maximum atomic E-state index is 11.7. The summed E-state index contributed by atoms with van der Waals surface area (Å²) in [6, 6.07) is 10.4. The van der Waals surface area contributed by atoms with Crippen LogP contribution < -0.4 is 20.1 Å². The van der Waals surface area contributed by atoms with Crippen molar-refractivity contribution in [2.75, 3.05) is 20.3 Å². The molecule has 0 bridgehead atoms. The van der Waals surface area contributed by atoms with E-state index in [2.05, 4.69) is 15.6 Å². The van der Waals surface area contributed by atoms with Gasteiger partial charge in [0, 0.05) is 23.8 Å². The fourth-order valence-electron chi connectivity index (χ4n) is 1.78. The molecule has 0 saturated heterocycles. The van der Waals surface area contributed by atoms with Crippen LogP contribution in [0.5, 0.6) is 11.6 Å². The summed E-state index contributed by atoms with van der Waals surface area (Å²) in [5.41, 5.74) is 0.907. The topological polar surface area (TPSA) is 72.5 Å². The third-order valence-electron chi connectivity index (χ3n) is 2.93. The van der Waals surface area contributed by atoms with Gasteiger partial charge < -0.3 is 20.1 Å². The molecule has 1 aromatic carbocycles. The number of nitrogens with zero attached hydrogens (tertiary/aromatic N) is 1. The fraction of sp³-hybridized carbons (Fsp3) is 0.250. The lowest BCUT2D eigenvalue weighted by molar-refractivity contribution is 0.236. The predicted octanol–water partition coefficient (Wildman–Crippen LogP) is 2.62. The number of hydrogen-bond donors (Lipinski definition) is 2. The average Bonchev–Trinajstić information content (AvgIpc) is 2.58. The number of carbonyl (C=O) groups excluding carboxylic acids is 1. The molecule has 0 fully saturated rings. The number of hydrogen-bond acceptors (Lipinski definition) is 4. The Kier molecular flexibility index (Phi) is 6.50. The molecular formula is C16H18ClN3O3. The van der Waals surface area contributed by atoms with Crippen molar-refractivity contribution in [3.63, 3.8) is 0 Å². The summed E-state index contributed by atoms with van der Waals surface area (Å²) in [5, 5.41) is 6.12. The van der Waals surface area contributed by atoms with Gasteiger partial charge in [0.15, 0.2) is 0 Å². The Morgan fingerprint density at radius 2 is 2.00 bits per heavy atom. The summed E-state index contributed by atoms with van der Waals surface area (Å²) in [6.07, 6.45) is 1.63. The van der Waals surface area contributed by atoms with Crippen molar-refractivity contribution in [1.82, 2.24) is 15.6 Å². The average molecular weight is 336 g/mol. The van der Waals surface area contributed by atoms with E-state index in [1.165, 1.54) is 0 Å². The SMILES string of the molecule is COc1cc(CNC(=O)NCCOc2ccc(Cl)cc2)ccn1. The first-order chi connectivity index (χ1) is 11.2. The van der Waals surface area contributed by atoms with E-state index in [1.54, 1.807) is 43.6 Å². The van der Waals surface area contributed by atoms with E-state index in [4.69, 9.17) is 21.1 Å². The van der Waals surface area contributed by atoms with Gasteiger partial charge >= 0.3 is 6.03 Å². The number of rotatable bonds is 7. The number of ether oxygens (including phenoxy) is 2. The van der Waals surface area contributed by atoms with Gasteiger partial charge in [0.1, 0.15) is 12.4 Å². The molecule has 0 aliphatic heterocycles. The molecule has 1 heterocycles. The van der Waals surface area contributed by atoms with Gasteiger partial charge in [-0.25, -0.2) is 9.78 Å². The van der Waals surface area contributed by atoms with Gasteiger partial charge in [-0.1, -0.05) is 11.6 Å². The molecule has 1 aromatic heterocycles. The maximum absolute atomic E-state index is 11.7. The van der Waals surface area contributed by atoms with Gasteiger partial charge in [-0.15, -0.1) is 0 Å². The van der Waals surface area contributed by atoms with Gasteiger partial charge in [0.25, 0.3) is 0 Å². The molecule has 2 amide bonds. The molecule has 0 spiro atoms. The molecule has 2 rings (SSSR count). The zero-order valence-corrected chi connectivity index (χ0v) is 13.5. The molecule has 0 aliphatic rings. The summed E-state index contributed by atoms with van der Waals surface area (Å²) >= 11 is 5.79. The highest BCUT2D eigenvalue weighted by molar-refractivity contribution is 6.30. The van der Waals surface area contributed by atoms with Crippen molar-refractivity contribution < 1.29 is 14.3 Å². The van der Waals surface area contributed by atoms with E-state index < -0.39 is 0 Å². The van der Waals surface area contributed by atoms with Crippen LogP contribution >= 0.6 is 11.6 Å². The van der Waals surface area contributed by atoms with Crippen LogP contribution in [-0.2, 0) is 6.54 Å². The predicted molar refractivity (Wildman–Crippen MR) is 88.0 cm³/mol. The molecule has 0 radical (unpaired) electrons. The number of pyridine rings is 1. The third kappa shape index (κ3) is 6.04. The summed E-state index contributed by atoms with van der Waals surface area (Å²) in [6.45, 7) is 1.16. The summed E-state index contributed by atoms with van der Waals surface area (Å²) in [4.78, 5) is 15.7. The second kappa shape index (κ2) is 8.85. The Labute approximate surface area is 139 Å². The van der Waals surface area contributed by atoms with Crippen LogP contribution in [0.2, 0.25) is 5.02 Å². The Balaban J connectivity index is 1.64. The van der Waals surface area contributed by atoms with Gasteiger partial charge in [-0.3, -0.25) is 0 Å². The van der Waals surface area contributed by atoms with Crippen LogP contribution in [-0.4, -0.2) is 31.3 Å². The van der Waals surface area contributed by atoms with E-state index in [0.717, 1.165) is 5.56 Å². The van der Waals surface area contributed by atoms with Crippen molar-refractivity contribution in [2.45, 2.75) is 6.54 Å². The van der Waals surface area contributed by atoms with Crippen molar-refractivity contribution in [2.24, 2.45) is 0 Å². The van der Waals surface area contributed by atoms with E-state index in [-0.39, 0.29) is 6.03 Å². The number of methoxy groups -OCH3 is 1. The van der Waals surface area contributed by atoms with Crippen molar-refractivity contribution in [1.29, 1.82) is 0 Å². The molecule has 23 heavy (non-hydrogen) atoms. The lowest BCUT2D eigenvalue weighted by Crippen LogP contribution is -2.37. The van der Waals surface area contributed by atoms with E-state index >= 15 is 0 Å². The highest BCUT2D eigenvalue weighted by Crippen LogP contribution is 2.15. The second-order valence-electron chi connectivity index (χ2n) is 4.62. The van der Waals surface area contributed by atoms with Crippen LogP contribution in [0.25, 0.3) is 0 Å². The number of nitrogens with one attached hydrogen (secondary N) is 2. The first kappa shape index (κ1) is 16.9. The summed E-state index contributed by atoms with van der Waals surface area (Å²) in [7, 11) is 1.55. The smallest absolute Gasteiger partial charge is 0.315 e. The maximum Gasteiger partial charge on any atom is 0.315 e. The molecule has 7 heteroatoms. The minimum absolute atomic E-state index is 0.263. The molecule has 6 nitrogen and oxygen atoms in total. The van der Waals surface area contributed by atoms with Gasteiger partial charge in [0.2, 0.25) is 5.88 Å². The normalized spacial score (nSPS) is 10.0. The second-order valence-corrected chi connectivity index (χ2v) is 5.05. The number of aromatic nitrogens is 1. The van der Waals surface area contributed by atoms with Gasteiger partial charge in [-0.2, -0.15) is 0 Å². The van der Waals surface area contributed by atoms with Crippen molar-refractivity contribution in [3.8, 4) is 11.6 Å². The molecule has 0 aliphatic carbocycles. The lowest BCUT2D eigenvalue weighted by atomic mass is 10.2. The van der Waals surface area contributed by atoms with E-state index in [9.17, 15) is 4.79 Å². The zero-order valence-electron chi connectivity index (χ0n) is 12.7. The zero-order chi connectivity index (χ0) is 16.5.